The van der Waals surface area contributed by atoms with Crippen molar-refractivity contribution < 1.29 is 10.00 Å². The Kier molecular flexibility index (Phi) is 10.4. The highest BCUT2D eigenvalue weighted by molar-refractivity contribution is 8.54. The van der Waals surface area contributed by atoms with Crippen molar-refractivity contribution in [2.24, 2.45) is 0 Å². The fraction of sp³-hybridized carbons (Fsp3) is 0.111. The number of hydrogen-bond acceptors (Lipinski definition) is 10. The fourth-order valence-electron chi connectivity index (χ4n) is 3.70. The van der Waals surface area contributed by atoms with Gasteiger partial charge in [-0.3, -0.25) is 9.97 Å². The molecule has 0 amide bonds. The highest BCUT2D eigenvalue weighted by Gasteiger charge is 2.15. The van der Waals surface area contributed by atoms with Crippen molar-refractivity contribution in [2.75, 3.05) is 18.7 Å². The van der Waals surface area contributed by atoms with Gasteiger partial charge in [0, 0.05) is 36.2 Å². The van der Waals surface area contributed by atoms with Crippen LogP contribution < -0.4 is 9.81 Å². The van der Waals surface area contributed by atoms with E-state index >= 15 is 0 Å². The van der Waals surface area contributed by atoms with Crippen LogP contribution in [0.1, 0.15) is 5.69 Å². The topological polar surface area (TPSA) is 116 Å². The second-order valence-electron chi connectivity index (χ2n) is 7.69. The molecule has 0 aliphatic heterocycles. The lowest BCUT2D eigenvalue weighted by atomic mass is 10.0. The van der Waals surface area contributed by atoms with Gasteiger partial charge in [-0.15, -0.1) is 0 Å². The molecule has 0 aliphatic rings. The Morgan fingerprint density at radius 3 is 2.47 bits per heavy atom. The summed E-state index contributed by atoms with van der Waals surface area (Å²) in [6, 6.07) is 24.2. The molecule has 1 unspecified atom stereocenters. The first-order chi connectivity index (χ1) is 18.7. The van der Waals surface area contributed by atoms with Crippen molar-refractivity contribution >= 4 is 47.6 Å². The molecule has 11 heteroatoms. The first-order valence-electron chi connectivity index (χ1n) is 11.6. The Morgan fingerprint density at radius 1 is 0.895 bits per heavy atom. The van der Waals surface area contributed by atoms with E-state index < -0.39 is 7.50 Å². The van der Waals surface area contributed by atoms with Gasteiger partial charge >= 0.3 is 0 Å². The van der Waals surface area contributed by atoms with Crippen LogP contribution in [0, 0.1) is 0 Å². The smallest absolute Gasteiger partial charge is 0.174 e. The highest BCUT2D eigenvalue weighted by atomic mass is 32.7. The molecule has 3 heterocycles. The number of aromatic nitrogens is 4. The third kappa shape index (κ3) is 7.05. The van der Waals surface area contributed by atoms with Gasteiger partial charge in [-0.25, -0.2) is 14.5 Å². The van der Waals surface area contributed by atoms with Gasteiger partial charge in [-0.1, -0.05) is 59.9 Å². The molecule has 0 saturated heterocycles. The molecule has 5 rings (SSSR count). The maximum absolute atomic E-state index is 9.87. The standard InChI is InChI=1S/C26H23N6OPS2.CH4O/c1-35-34(33)32-36-21-14-19(15-27-17-21)25-30-23-12-7-11-22(18-8-3-2-4-9-18)24(23)26(31-25)29-16-20-10-5-6-13-28-20;1-2/h2-15,17,32-33H,16H2,1H3,(H,29,30,31);2H,1H3. The third-order valence-electron chi connectivity index (χ3n) is 5.36. The van der Waals surface area contributed by atoms with Crippen LogP contribution in [-0.4, -0.2) is 43.3 Å². The van der Waals surface area contributed by atoms with Gasteiger partial charge in [0.15, 0.2) is 13.3 Å². The molecular formula is C27H27N6O2PS2. The molecule has 194 valence electrons. The number of benzene rings is 2. The molecular weight excluding hydrogens is 535 g/mol. The maximum atomic E-state index is 9.87. The molecule has 2 aromatic carbocycles. The first-order valence-corrected chi connectivity index (χ1v) is 15.5. The zero-order chi connectivity index (χ0) is 26.7. The molecule has 0 saturated carbocycles. The molecule has 0 spiro atoms. The van der Waals surface area contributed by atoms with Gasteiger partial charge in [0.2, 0.25) is 0 Å². The van der Waals surface area contributed by atoms with E-state index in [0.29, 0.717) is 12.4 Å². The van der Waals surface area contributed by atoms with Gasteiger partial charge in [-0.05, 0) is 53.6 Å². The van der Waals surface area contributed by atoms with Crippen LogP contribution in [0.3, 0.4) is 0 Å². The number of aliphatic hydroxyl groups is 1. The Labute approximate surface area is 231 Å². The molecule has 4 N–H and O–H groups in total. The summed E-state index contributed by atoms with van der Waals surface area (Å²) >= 11 is 2.72. The molecule has 0 radical (unpaired) electrons. The predicted molar refractivity (Wildman–Crippen MR) is 160 cm³/mol. The van der Waals surface area contributed by atoms with E-state index in [1.165, 1.54) is 23.3 Å². The molecule has 5 aromatic rings. The minimum Gasteiger partial charge on any atom is -0.400 e. The molecule has 38 heavy (non-hydrogen) atoms. The van der Waals surface area contributed by atoms with Crippen LogP contribution in [0.2, 0.25) is 0 Å². The average molecular weight is 563 g/mol. The fourth-order valence-corrected chi connectivity index (χ4v) is 6.04. The van der Waals surface area contributed by atoms with E-state index in [4.69, 9.17) is 15.1 Å². The molecule has 0 bridgehead atoms. The van der Waals surface area contributed by atoms with Crippen molar-refractivity contribution in [3.05, 3.63) is 97.1 Å². The quantitative estimate of drug-likeness (QED) is 0.123. The van der Waals surface area contributed by atoms with Gasteiger partial charge in [0.1, 0.15) is 5.82 Å². The summed E-state index contributed by atoms with van der Waals surface area (Å²) in [5, 5.41) is 11.5. The number of aliphatic hydroxyl groups excluding tert-OH is 1. The van der Waals surface area contributed by atoms with Crippen LogP contribution in [0.25, 0.3) is 33.4 Å². The minimum absolute atomic E-state index is 0.530. The normalized spacial score (nSPS) is 11.5. The van der Waals surface area contributed by atoms with E-state index in [1.54, 1.807) is 18.6 Å². The average Bonchev–Trinajstić information content (AvgIpc) is 3.00. The molecule has 0 aliphatic carbocycles. The zero-order valence-corrected chi connectivity index (χ0v) is 23.3. The largest absolute Gasteiger partial charge is 0.400 e. The SMILES string of the molecule is CO.CSP(O)NSc1cncc(-c2nc(NCc3ccccn3)c3c(-c4ccccc4)cccc3n2)c1. The number of hydrogen-bond donors (Lipinski definition) is 4. The van der Waals surface area contributed by atoms with E-state index in [-0.39, 0.29) is 0 Å². The minimum atomic E-state index is -1.29. The Hall–Kier alpha value is -3.11. The van der Waals surface area contributed by atoms with Crippen LogP contribution in [0.4, 0.5) is 5.82 Å². The number of nitrogens with one attached hydrogen (secondary N) is 2. The summed E-state index contributed by atoms with van der Waals surface area (Å²) in [5.74, 6) is 1.31. The molecule has 1 atom stereocenters. The Morgan fingerprint density at radius 2 is 1.71 bits per heavy atom. The number of fused-ring (bicyclic) bond motifs is 1. The Balaban J connectivity index is 0.00000164. The summed E-state index contributed by atoms with van der Waals surface area (Å²) in [6.45, 7) is 0.530. The summed E-state index contributed by atoms with van der Waals surface area (Å²) in [5.41, 5.74) is 4.70. The zero-order valence-electron chi connectivity index (χ0n) is 20.8. The summed E-state index contributed by atoms with van der Waals surface area (Å²) in [4.78, 5) is 29.4. The third-order valence-corrected chi connectivity index (χ3v) is 8.86. The van der Waals surface area contributed by atoms with E-state index in [2.05, 4.69) is 38.0 Å². The van der Waals surface area contributed by atoms with Crippen LogP contribution >= 0.6 is 30.8 Å². The summed E-state index contributed by atoms with van der Waals surface area (Å²) < 4.78 is 3.03. The number of pyridine rings is 2. The van der Waals surface area contributed by atoms with Crippen molar-refractivity contribution in [1.82, 2.24) is 24.4 Å². The molecule has 0 fully saturated rings. The lowest BCUT2D eigenvalue weighted by Crippen LogP contribution is -2.06. The van der Waals surface area contributed by atoms with Gasteiger partial charge < -0.3 is 15.3 Å². The van der Waals surface area contributed by atoms with E-state index in [1.807, 2.05) is 60.9 Å². The molecule has 8 nitrogen and oxygen atoms in total. The van der Waals surface area contributed by atoms with Crippen molar-refractivity contribution in [1.29, 1.82) is 0 Å². The summed E-state index contributed by atoms with van der Waals surface area (Å²) in [6.07, 6.45) is 7.15. The van der Waals surface area contributed by atoms with Crippen LogP contribution in [0.15, 0.2) is 96.3 Å². The van der Waals surface area contributed by atoms with Crippen molar-refractivity contribution in [2.45, 2.75) is 11.4 Å². The molecule has 3 aromatic heterocycles. The highest BCUT2D eigenvalue weighted by Crippen LogP contribution is 2.42. The monoisotopic (exact) mass is 562 g/mol. The number of rotatable bonds is 9. The van der Waals surface area contributed by atoms with Gasteiger partial charge in [0.05, 0.1) is 23.1 Å². The lowest BCUT2D eigenvalue weighted by molar-refractivity contribution is 0.399. The van der Waals surface area contributed by atoms with Gasteiger partial charge in [0.25, 0.3) is 0 Å². The predicted octanol–water partition coefficient (Wildman–Crippen LogP) is 6.15. The summed E-state index contributed by atoms with van der Waals surface area (Å²) in [7, 11) is -0.293. The second kappa shape index (κ2) is 14.2. The van der Waals surface area contributed by atoms with E-state index in [9.17, 15) is 4.89 Å². The lowest BCUT2D eigenvalue weighted by Gasteiger charge is -2.15. The Bertz CT molecular complexity index is 1460. The van der Waals surface area contributed by atoms with Gasteiger partial charge in [-0.2, -0.15) is 0 Å². The van der Waals surface area contributed by atoms with Crippen LogP contribution in [-0.2, 0) is 6.54 Å². The number of anilines is 1. The van der Waals surface area contributed by atoms with Crippen molar-refractivity contribution in [3.63, 3.8) is 0 Å². The van der Waals surface area contributed by atoms with Crippen LogP contribution in [0.5, 0.6) is 0 Å². The second-order valence-corrected chi connectivity index (χ2v) is 12.1. The number of nitrogens with zero attached hydrogens (tertiary/aromatic N) is 4. The van der Waals surface area contributed by atoms with E-state index in [0.717, 1.165) is 51.1 Å². The first kappa shape index (κ1) is 27.9. The maximum Gasteiger partial charge on any atom is 0.174 e. The van der Waals surface area contributed by atoms with Crippen molar-refractivity contribution in [3.8, 4) is 22.5 Å².